The summed E-state index contributed by atoms with van der Waals surface area (Å²) in [5.41, 5.74) is 0. The fourth-order valence-corrected chi connectivity index (χ4v) is 4.44. The highest BCUT2D eigenvalue weighted by molar-refractivity contribution is 6.83. The lowest BCUT2D eigenvalue weighted by atomic mass is 10.4. The Morgan fingerprint density at radius 2 is 1.33 bits per heavy atom. The van der Waals surface area contributed by atoms with E-state index in [1.165, 1.54) is 10.4 Å². The van der Waals surface area contributed by atoms with Crippen LogP contribution >= 0.6 is 0 Å². The summed E-state index contributed by atoms with van der Waals surface area (Å²) in [6.45, 7) is 4.00. The number of nitrogens with one attached hydrogen (secondary N) is 2. The first-order valence-electron chi connectivity index (χ1n) is 6.46. The van der Waals surface area contributed by atoms with Crippen molar-refractivity contribution in [2.24, 2.45) is 0 Å². The summed E-state index contributed by atoms with van der Waals surface area (Å²) in [6, 6.07) is 21.5. The Hall–Kier alpha value is -1.42. The van der Waals surface area contributed by atoms with Crippen molar-refractivity contribution in [2.45, 2.75) is 6.92 Å². The second kappa shape index (κ2) is 7.11. The van der Waals surface area contributed by atoms with Gasteiger partial charge in [-0.3, -0.25) is 0 Å². The van der Waals surface area contributed by atoms with Gasteiger partial charge in [0.1, 0.15) is 0 Å². The summed E-state index contributed by atoms with van der Waals surface area (Å²) in [4.78, 5) is 3.68. The molecule has 2 aromatic rings. The number of benzene rings is 2. The average Bonchev–Trinajstić information content (AvgIpc) is 2.46. The number of hydrogen-bond acceptors (Lipinski definition) is 2. The molecule has 0 radical (unpaired) electrons. The third kappa shape index (κ3) is 3.53. The van der Waals surface area contributed by atoms with Crippen LogP contribution in [0.4, 0.5) is 0 Å². The molecule has 2 aromatic carbocycles. The molecule has 0 aromatic heterocycles. The molecular formula is C15H20N2Si. The molecule has 3 heteroatoms. The monoisotopic (exact) mass is 256 g/mol. The average molecular weight is 256 g/mol. The first-order chi connectivity index (χ1) is 8.92. The van der Waals surface area contributed by atoms with Gasteiger partial charge in [-0.2, -0.15) is 0 Å². The zero-order valence-electron chi connectivity index (χ0n) is 10.8. The van der Waals surface area contributed by atoms with E-state index in [1.807, 2.05) is 0 Å². The lowest BCUT2D eigenvalue weighted by molar-refractivity contribution is 0.702. The van der Waals surface area contributed by atoms with E-state index in [9.17, 15) is 0 Å². The van der Waals surface area contributed by atoms with Crippen molar-refractivity contribution in [1.29, 1.82) is 0 Å². The largest absolute Gasteiger partial charge is 0.321 e. The van der Waals surface area contributed by atoms with Crippen LogP contribution < -0.4 is 20.7 Å². The van der Waals surface area contributed by atoms with E-state index in [0.29, 0.717) is 0 Å². The van der Waals surface area contributed by atoms with Crippen LogP contribution in [-0.4, -0.2) is 22.2 Å². The molecular weight excluding hydrogens is 236 g/mol. The highest BCUT2D eigenvalue weighted by Crippen LogP contribution is 1.90. The summed E-state index contributed by atoms with van der Waals surface area (Å²) in [7, 11) is -1.29. The highest BCUT2D eigenvalue weighted by Gasteiger charge is 2.14. The molecule has 0 amide bonds. The molecule has 18 heavy (non-hydrogen) atoms. The SMILES string of the molecule is CCNCN[SiH](c1ccccc1)c1ccccc1. The van der Waals surface area contributed by atoms with Crippen LogP contribution in [0.15, 0.2) is 60.7 Å². The van der Waals surface area contributed by atoms with Crippen molar-refractivity contribution in [3.8, 4) is 0 Å². The van der Waals surface area contributed by atoms with Crippen molar-refractivity contribution in [3.05, 3.63) is 60.7 Å². The lowest BCUT2D eigenvalue weighted by Crippen LogP contribution is -2.56. The summed E-state index contributed by atoms with van der Waals surface area (Å²) in [5.74, 6) is 0. The van der Waals surface area contributed by atoms with Gasteiger partial charge in [0, 0.05) is 6.67 Å². The second-order valence-corrected chi connectivity index (χ2v) is 6.85. The van der Waals surface area contributed by atoms with Crippen molar-refractivity contribution < 1.29 is 0 Å². The predicted octanol–water partition coefficient (Wildman–Crippen LogP) is 0.681. The topological polar surface area (TPSA) is 24.1 Å². The summed E-state index contributed by atoms with van der Waals surface area (Å²) in [6.07, 6.45) is 0. The third-order valence-electron chi connectivity index (χ3n) is 2.95. The van der Waals surface area contributed by atoms with Gasteiger partial charge in [0.05, 0.1) is 0 Å². The molecule has 0 spiro atoms. The van der Waals surface area contributed by atoms with Gasteiger partial charge in [-0.15, -0.1) is 0 Å². The van der Waals surface area contributed by atoms with E-state index in [1.54, 1.807) is 0 Å². The van der Waals surface area contributed by atoms with E-state index in [-0.39, 0.29) is 0 Å². The van der Waals surface area contributed by atoms with Crippen molar-refractivity contribution in [1.82, 2.24) is 10.3 Å². The van der Waals surface area contributed by atoms with Crippen LogP contribution in [0.25, 0.3) is 0 Å². The fraction of sp³-hybridized carbons (Fsp3) is 0.200. The van der Waals surface area contributed by atoms with E-state index >= 15 is 0 Å². The Balaban J connectivity index is 2.18. The zero-order valence-corrected chi connectivity index (χ0v) is 11.9. The van der Waals surface area contributed by atoms with Gasteiger partial charge in [-0.25, -0.2) is 0 Å². The van der Waals surface area contributed by atoms with Gasteiger partial charge in [0.15, 0.2) is 8.96 Å². The Morgan fingerprint density at radius 1 is 0.833 bits per heavy atom. The molecule has 0 atom stereocenters. The smallest absolute Gasteiger partial charge is 0.174 e. The normalized spacial score (nSPS) is 10.8. The Bertz CT molecular complexity index is 405. The number of hydrogen-bond donors (Lipinski definition) is 2. The standard InChI is InChI=1S/C15H20N2Si/c1-2-16-13-17-18(14-9-5-3-6-10-14)15-11-7-4-8-12-15/h3-12,16-18H,2,13H2,1H3. The van der Waals surface area contributed by atoms with Gasteiger partial charge in [0.25, 0.3) is 0 Å². The van der Waals surface area contributed by atoms with Gasteiger partial charge >= 0.3 is 0 Å². The van der Waals surface area contributed by atoms with E-state index in [4.69, 9.17) is 0 Å². The first kappa shape index (κ1) is 13.0. The lowest BCUT2D eigenvalue weighted by Gasteiger charge is -2.18. The van der Waals surface area contributed by atoms with Crippen molar-refractivity contribution in [2.75, 3.05) is 13.2 Å². The maximum absolute atomic E-state index is 3.68. The first-order valence-corrected chi connectivity index (χ1v) is 8.19. The van der Waals surface area contributed by atoms with Crippen LogP contribution in [0.1, 0.15) is 6.92 Å². The minimum absolute atomic E-state index is 0.872. The summed E-state index contributed by atoms with van der Waals surface area (Å²) >= 11 is 0. The molecule has 2 N–H and O–H groups in total. The Morgan fingerprint density at radius 3 is 1.78 bits per heavy atom. The van der Waals surface area contributed by atoms with Crippen LogP contribution in [0, 0.1) is 0 Å². The molecule has 0 heterocycles. The quantitative estimate of drug-likeness (QED) is 0.451. The van der Waals surface area contributed by atoms with E-state index in [2.05, 4.69) is 77.9 Å². The second-order valence-electron chi connectivity index (χ2n) is 4.24. The van der Waals surface area contributed by atoms with Crippen LogP contribution in [-0.2, 0) is 0 Å². The molecule has 2 nitrogen and oxygen atoms in total. The van der Waals surface area contributed by atoms with E-state index < -0.39 is 8.96 Å². The molecule has 0 saturated heterocycles. The molecule has 0 fully saturated rings. The summed E-state index contributed by atoms with van der Waals surface area (Å²) < 4.78 is 0. The van der Waals surface area contributed by atoms with Crippen LogP contribution in [0.3, 0.4) is 0 Å². The highest BCUT2D eigenvalue weighted by atomic mass is 28.3. The number of rotatable bonds is 6. The molecule has 94 valence electrons. The van der Waals surface area contributed by atoms with Gasteiger partial charge in [0.2, 0.25) is 0 Å². The Labute approximate surface area is 111 Å². The van der Waals surface area contributed by atoms with Gasteiger partial charge < -0.3 is 10.3 Å². The van der Waals surface area contributed by atoms with Crippen LogP contribution in [0.2, 0.25) is 0 Å². The van der Waals surface area contributed by atoms with Crippen molar-refractivity contribution in [3.63, 3.8) is 0 Å². The molecule has 0 unspecified atom stereocenters. The van der Waals surface area contributed by atoms with Crippen molar-refractivity contribution >= 4 is 19.3 Å². The summed E-state index contributed by atoms with van der Waals surface area (Å²) in [5, 5.41) is 6.21. The molecule has 0 aliphatic rings. The molecule has 0 saturated carbocycles. The molecule has 0 aliphatic carbocycles. The van der Waals surface area contributed by atoms with Gasteiger partial charge in [-0.1, -0.05) is 67.6 Å². The minimum Gasteiger partial charge on any atom is -0.321 e. The van der Waals surface area contributed by atoms with E-state index in [0.717, 1.165) is 13.2 Å². The molecule has 0 aliphatic heterocycles. The maximum Gasteiger partial charge on any atom is 0.174 e. The third-order valence-corrected chi connectivity index (χ3v) is 5.66. The predicted molar refractivity (Wildman–Crippen MR) is 81.0 cm³/mol. The Kier molecular flexibility index (Phi) is 5.14. The van der Waals surface area contributed by atoms with Gasteiger partial charge in [-0.05, 0) is 16.9 Å². The molecule has 0 bridgehead atoms. The maximum atomic E-state index is 3.68. The fourth-order valence-electron chi connectivity index (χ4n) is 2.02. The van der Waals surface area contributed by atoms with Crippen LogP contribution in [0.5, 0.6) is 0 Å². The zero-order chi connectivity index (χ0) is 12.6. The minimum atomic E-state index is -1.29. The molecule has 2 rings (SSSR count).